The second-order valence-electron chi connectivity index (χ2n) is 17.8. The van der Waals surface area contributed by atoms with Gasteiger partial charge in [0.2, 0.25) is 23.6 Å². The molecule has 0 aliphatic rings. The minimum atomic E-state index is -5.27. The van der Waals surface area contributed by atoms with Crippen LogP contribution in [0.15, 0.2) is 34.1 Å². The highest BCUT2D eigenvalue weighted by molar-refractivity contribution is 7.90. The van der Waals surface area contributed by atoms with E-state index in [1.54, 1.807) is 37.1 Å². The van der Waals surface area contributed by atoms with Gasteiger partial charge < -0.3 is 25.5 Å². The van der Waals surface area contributed by atoms with Gasteiger partial charge in [-0.1, -0.05) is 27.7 Å². The first-order valence-electron chi connectivity index (χ1n) is 25.1. The van der Waals surface area contributed by atoms with E-state index in [4.69, 9.17) is 9.11 Å². The van der Waals surface area contributed by atoms with Gasteiger partial charge in [-0.2, -0.15) is 16.8 Å². The van der Waals surface area contributed by atoms with Gasteiger partial charge >= 0.3 is 43.8 Å². The molecule has 0 heterocycles. The average Bonchev–Trinajstić information content (AvgIpc) is 2.41. The van der Waals surface area contributed by atoms with Crippen molar-refractivity contribution in [3.63, 3.8) is 0 Å². The molecule has 8 N–H and O–H groups in total. The van der Waals surface area contributed by atoms with Crippen molar-refractivity contribution in [2.45, 2.75) is 63.2 Å². The Morgan fingerprint density at radius 2 is 0.833 bits per heavy atom. The minimum absolute atomic E-state index is 0.0787. The van der Waals surface area contributed by atoms with Crippen LogP contribution in [0.2, 0.25) is 0 Å². The Morgan fingerprint density at radius 1 is 0.512 bits per heavy atom. The lowest BCUT2D eigenvalue weighted by Gasteiger charge is -2.29. The number of carboxylic acids is 1. The molecular weight excluding hydrogens is 1210 g/mol. The normalized spacial score (nSPS) is 12.0. The summed E-state index contributed by atoms with van der Waals surface area (Å²) in [5.41, 5.74) is -4.18. The zero-order chi connectivity index (χ0) is 63.8. The van der Waals surface area contributed by atoms with E-state index in [2.05, 4.69) is 19.0 Å². The van der Waals surface area contributed by atoms with Crippen molar-refractivity contribution in [1.29, 1.82) is 0 Å². The Kier molecular flexibility index (Phi) is 29.4. The van der Waals surface area contributed by atoms with E-state index >= 15 is 0 Å². The Labute approximate surface area is 481 Å². The highest BCUT2D eigenvalue weighted by Gasteiger charge is 2.36. The number of sulfonamides is 2. The second-order valence-corrected chi connectivity index (χ2v) is 23.4. The van der Waals surface area contributed by atoms with Crippen LogP contribution in [0.4, 0.5) is 34.1 Å². The molecule has 0 aliphatic heterocycles. The quantitative estimate of drug-likeness (QED) is 0.0145. The van der Waals surface area contributed by atoms with Gasteiger partial charge in [0.1, 0.15) is 9.79 Å². The summed E-state index contributed by atoms with van der Waals surface area (Å²) in [4.78, 5) is 115. The van der Waals surface area contributed by atoms with Crippen LogP contribution >= 0.6 is 0 Å². The van der Waals surface area contributed by atoms with E-state index in [9.17, 15) is 98.0 Å². The zero-order valence-corrected chi connectivity index (χ0v) is 49.0. The first-order valence-corrected chi connectivity index (χ1v) is 30.8. The van der Waals surface area contributed by atoms with Gasteiger partial charge in [0.05, 0.1) is 60.7 Å². The fraction of sp³-hybridized carbons (Fsp3) is 0.595. The standard InChI is InChI=1S/C42H65N13O25S4/c1-5-11-51(12-6-2)41-32(45-62)21-30(22-33(41)53(63)64)81(69,70)46-38(58)27-48(16-18-50(29-40(60)61)26-37(57)44-10-20-80-84(76,77)78)15-17-49(25-36(56)43-9-19-79-83(73,74)75)28-39(59)47-82(71,72)31-23-34(54(65)66)42(35(24-31)55(67)68)52(13-7-3)14-8-4/h21-24H,5-20,25-29H2,1-4H3,(H,43,56)(H,44,57)(H,46,58)(H,47,59)(H,60,61)(H,73,74,75)(H,76,77,78)/p+1. The number of aliphatic carboxylic acids is 1. The Hall–Kier alpha value is -7.29. The number of rotatable bonds is 42. The van der Waals surface area contributed by atoms with Gasteiger partial charge in [-0.3, -0.25) is 78.1 Å². The highest BCUT2D eigenvalue weighted by atomic mass is 32.3. The number of hydrogen-bond acceptors (Lipinski definition) is 27. The summed E-state index contributed by atoms with van der Waals surface area (Å²) in [7, 11) is -20.3. The monoisotopic (exact) mass is 1280 g/mol. The molecule has 0 atom stereocenters. The third kappa shape index (κ3) is 25.3. The van der Waals surface area contributed by atoms with Gasteiger partial charge in [0.15, 0.2) is 11.4 Å². The Morgan fingerprint density at radius 3 is 1.18 bits per heavy atom. The topological polar surface area (TPSA) is 526 Å². The fourth-order valence-corrected chi connectivity index (χ4v) is 10.5. The Balaban J connectivity index is 2.71. The molecule has 0 saturated heterocycles. The molecule has 2 aromatic carbocycles. The molecular formula is C42H66N13O25S4+. The number of nitro groups is 3. The number of nitroso groups, excluding NO2 is 1. The van der Waals surface area contributed by atoms with Crippen molar-refractivity contribution in [2.75, 3.05) is 121 Å². The smallest absolute Gasteiger partial charge is 0.397 e. The summed E-state index contributed by atoms with van der Waals surface area (Å²) in [5.74, 6) is -6.47. The molecule has 2 aromatic rings. The SMILES string of the molecule is CCCN(CCC)c1c([NH+]=O)cc(S(=O)(=O)NC(=O)CN(CCN(CC(=O)O)CC(=O)NCCOS(=O)(=O)O)CCN(CC(=O)NCCOS(=O)(=O)O)CC(=O)NS(=O)(=O)c2cc([N+](=O)[O-])c(N(CCC)CCC)c([N+](=O)[O-])c2)cc1[N+](=O)[O-]. The van der Waals surface area contributed by atoms with E-state index in [1.807, 2.05) is 0 Å². The van der Waals surface area contributed by atoms with Gasteiger partial charge in [0.25, 0.3) is 25.7 Å². The lowest BCUT2D eigenvalue weighted by molar-refractivity contribution is -0.393. The lowest BCUT2D eigenvalue weighted by atomic mass is 10.2. The Bertz CT molecular complexity index is 3130. The predicted octanol–water partition coefficient (Wildman–Crippen LogP) is -2.69. The van der Waals surface area contributed by atoms with Crippen molar-refractivity contribution < 1.29 is 100 Å². The predicted molar refractivity (Wildman–Crippen MR) is 291 cm³/mol. The molecule has 0 spiro atoms. The number of nitrogens with zero attached hydrogens (tertiary/aromatic N) is 8. The lowest BCUT2D eigenvalue weighted by Crippen LogP contribution is -2.57. The van der Waals surface area contributed by atoms with Gasteiger partial charge in [-0.25, -0.2) is 34.6 Å². The van der Waals surface area contributed by atoms with Gasteiger partial charge in [-0.15, -0.1) is 0 Å². The number of carbonyl (C=O) groups excluding carboxylic acids is 4. The number of nitrogens with one attached hydrogen (secondary N) is 5. The number of carboxylic acid groups (broad SMARTS) is 1. The summed E-state index contributed by atoms with van der Waals surface area (Å²) in [6.07, 6.45) is 1.61. The molecule has 0 aliphatic carbocycles. The minimum Gasteiger partial charge on any atom is -0.480 e. The van der Waals surface area contributed by atoms with E-state index in [-0.39, 0.29) is 31.9 Å². The molecule has 0 fully saturated rings. The van der Waals surface area contributed by atoms with E-state index in [0.717, 1.165) is 20.8 Å². The molecule has 0 saturated carbocycles. The number of hydrogen-bond donors (Lipinski definition) is 8. The van der Waals surface area contributed by atoms with E-state index in [0.29, 0.717) is 43.9 Å². The molecule has 0 bridgehead atoms. The van der Waals surface area contributed by atoms with Crippen LogP contribution in [0.5, 0.6) is 0 Å². The molecule has 0 radical (unpaired) electrons. The average molecular weight is 1280 g/mol. The van der Waals surface area contributed by atoms with Crippen LogP contribution in [0.3, 0.4) is 0 Å². The third-order valence-electron chi connectivity index (χ3n) is 11.1. The van der Waals surface area contributed by atoms with Crippen molar-refractivity contribution in [2.24, 2.45) is 0 Å². The van der Waals surface area contributed by atoms with Crippen LogP contribution in [0, 0.1) is 35.3 Å². The van der Waals surface area contributed by atoms with Crippen LogP contribution in [-0.2, 0) is 73.2 Å². The number of amides is 4. The number of benzene rings is 2. The summed E-state index contributed by atoms with van der Waals surface area (Å²) < 4.78 is 128. The molecule has 42 heteroatoms. The van der Waals surface area contributed by atoms with E-state index in [1.165, 1.54) is 15.0 Å². The molecule has 2 rings (SSSR count). The second kappa shape index (κ2) is 33.9. The van der Waals surface area contributed by atoms with Crippen molar-refractivity contribution >= 4 is 105 Å². The molecule has 0 unspecified atom stereocenters. The van der Waals surface area contributed by atoms with Crippen LogP contribution in [-0.4, -0.2) is 218 Å². The third-order valence-corrected chi connectivity index (χ3v) is 14.8. The van der Waals surface area contributed by atoms with Gasteiger partial charge in [0, 0.05) is 99.8 Å². The van der Waals surface area contributed by atoms with Crippen molar-refractivity contribution in [3.05, 3.63) is 59.5 Å². The first-order chi connectivity index (χ1) is 39.1. The molecule has 472 valence electrons. The van der Waals surface area contributed by atoms with Gasteiger partial charge in [-0.05, 0) is 25.7 Å². The maximum absolute atomic E-state index is 13.8. The molecule has 4 amide bonds. The summed E-state index contributed by atoms with van der Waals surface area (Å²) in [5, 5.41) is 52.5. The number of anilines is 2. The molecule has 0 aromatic heterocycles. The summed E-state index contributed by atoms with van der Waals surface area (Å²) >= 11 is 0. The summed E-state index contributed by atoms with van der Waals surface area (Å²) in [6, 6.07) is 2.30. The van der Waals surface area contributed by atoms with Crippen LogP contribution in [0.25, 0.3) is 0 Å². The fourth-order valence-electron chi connectivity index (χ4n) is 7.92. The molecule has 84 heavy (non-hydrogen) atoms. The van der Waals surface area contributed by atoms with Crippen molar-refractivity contribution in [1.82, 2.24) is 34.8 Å². The maximum atomic E-state index is 13.8. The first kappa shape index (κ1) is 72.8. The maximum Gasteiger partial charge on any atom is 0.397 e. The van der Waals surface area contributed by atoms with E-state index < -0.39 is 209 Å². The summed E-state index contributed by atoms with van der Waals surface area (Å²) in [6.45, 7) is -2.43. The van der Waals surface area contributed by atoms with Crippen LogP contribution < -0.4 is 35.1 Å². The number of carbonyl (C=O) groups is 5. The molecule has 38 nitrogen and oxygen atoms in total. The highest BCUT2D eigenvalue weighted by Crippen LogP contribution is 2.40. The zero-order valence-electron chi connectivity index (χ0n) is 45.7. The van der Waals surface area contributed by atoms with Crippen LogP contribution in [0.1, 0.15) is 53.4 Å². The number of nitro benzene ring substituents is 3. The van der Waals surface area contributed by atoms with Crippen molar-refractivity contribution in [3.8, 4) is 0 Å². The largest absolute Gasteiger partial charge is 0.480 e.